The van der Waals surface area contributed by atoms with E-state index in [2.05, 4.69) is 35.0 Å². The number of hydrogen-bond donors (Lipinski definition) is 0. The fraction of sp³-hybridized carbons (Fsp3) is 0.818. The Kier molecular flexibility index (Phi) is 5.80. The third-order valence-corrected chi connectivity index (χ3v) is 1.93. The molecule has 0 aromatic heterocycles. The maximum absolute atomic E-state index is 5.41. The third-order valence-electron chi connectivity index (χ3n) is 1.93. The van der Waals surface area contributed by atoms with Crippen molar-refractivity contribution >= 4 is 0 Å². The van der Waals surface area contributed by atoms with Gasteiger partial charge in [-0.2, -0.15) is 0 Å². The first-order valence-corrected chi connectivity index (χ1v) is 5.03. The van der Waals surface area contributed by atoms with Crippen molar-refractivity contribution in [3.63, 3.8) is 0 Å². The Balaban J connectivity index is 3.37. The van der Waals surface area contributed by atoms with Crippen molar-refractivity contribution in [3.8, 4) is 0 Å². The van der Waals surface area contributed by atoms with Crippen molar-refractivity contribution < 1.29 is 9.22 Å². The van der Waals surface area contributed by atoms with Crippen LogP contribution in [0.25, 0.3) is 0 Å². The third kappa shape index (κ3) is 9.41. The number of allylic oxidation sites excluding steroid dienone is 1. The van der Waals surface area contributed by atoms with Gasteiger partial charge in [-0.3, -0.25) is 0 Å². The molecule has 0 aromatic rings. The van der Waals surface area contributed by atoms with Crippen LogP contribution in [0.15, 0.2) is 11.8 Å². The summed E-state index contributed by atoms with van der Waals surface area (Å²) in [6, 6.07) is 0. The average molecular weight is 186 g/mol. The summed E-state index contributed by atoms with van der Waals surface area (Å²) in [4.78, 5) is 0. The van der Waals surface area contributed by atoms with E-state index in [1.54, 1.807) is 0 Å². The Hall–Kier alpha value is -0.500. The molecule has 0 aliphatic rings. The molecule has 78 valence electrons. The Morgan fingerprint density at radius 1 is 1.31 bits per heavy atom. The summed E-state index contributed by atoms with van der Waals surface area (Å²) in [7, 11) is 6.60. The second-order valence-electron chi connectivity index (χ2n) is 4.56. The van der Waals surface area contributed by atoms with Crippen LogP contribution >= 0.6 is 0 Å². The second-order valence-corrected chi connectivity index (χ2v) is 4.56. The molecule has 2 nitrogen and oxygen atoms in total. The molecule has 13 heavy (non-hydrogen) atoms. The van der Waals surface area contributed by atoms with Crippen molar-refractivity contribution in [2.45, 2.75) is 26.7 Å². The number of hydrogen-bond acceptors (Lipinski definition) is 1. The van der Waals surface area contributed by atoms with E-state index in [-0.39, 0.29) is 0 Å². The summed E-state index contributed by atoms with van der Waals surface area (Å²) in [6.07, 6.45) is 4.09. The van der Waals surface area contributed by atoms with Crippen LogP contribution < -0.4 is 0 Å². The highest BCUT2D eigenvalue weighted by atomic mass is 16.5. The molecular weight excluding hydrogens is 162 g/mol. The van der Waals surface area contributed by atoms with Crippen LogP contribution in [0.5, 0.6) is 0 Å². The zero-order valence-electron chi connectivity index (χ0n) is 9.76. The lowest BCUT2D eigenvalue weighted by atomic mass is 10.3. The van der Waals surface area contributed by atoms with Gasteiger partial charge in [-0.15, -0.1) is 0 Å². The van der Waals surface area contributed by atoms with Gasteiger partial charge in [0, 0.05) is 6.42 Å². The number of ether oxygens (including phenoxy) is 1. The second kappa shape index (κ2) is 6.03. The summed E-state index contributed by atoms with van der Waals surface area (Å²) >= 11 is 0. The average Bonchev–Trinajstić information content (AvgIpc) is 2.01. The van der Waals surface area contributed by atoms with Gasteiger partial charge in [-0.25, -0.2) is 0 Å². The van der Waals surface area contributed by atoms with E-state index in [0.717, 1.165) is 23.9 Å². The largest absolute Gasteiger partial charge is 0.501 e. The van der Waals surface area contributed by atoms with Crippen LogP contribution in [-0.4, -0.2) is 38.8 Å². The molecule has 0 saturated heterocycles. The van der Waals surface area contributed by atoms with Crippen LogP contribution in [0, 0.1) is 0 Å². The molecule has 0 atom stereocenters. The molecule has 0 rings (SSSR count). The van der Waals surface area contributed by atoms with E-state index in [0.29, 0.717) is 0 Å². The van der Waals surface area contributed by atoms with Gasteiger partial charge in [-0.1, -0.05) is 6.92 Å². The van der Waals surface area contributed by atoms with Crippen molar-refractivity contribution in [2.75, 3.05) is 34.3 Å². The van der Waals surface area contributed by atoms with Gasteiger partial charge in [0.25, 0.3) is 0 Å². The van der Waals surface area contributed by atoms with Crippen LogP contribution in [0.4, 0.5) is 0 Å². The molecule has 0 fully saturated rings. The summed E-state index contributed by atoms with van der Waals surface area (Å²) in [6.45, 7) is 6.24. The van der Waals surface area contributed by atoms with Crippen molar-refractivity contribution in [1.82, 2.24) is 0 Å². The molecule has 0 aliphatic carbocycles. The molecule has 0 bridgehead atoms. The first-order chi connectivity index (χ1) is 5.95. The van der Waals surface area contributed by atoms with Crippen LogP contribution in [0.1, 0.15) is 26.7 Å². The molecule has 0 N–H and O–H groups in total. The van der Waals surface area contributed by atoms with E-state index >= 15 is 0 Å². The highest BCUT2D eigenvalue weighted by molar-refractivity contribution is 4.90. The van der Waals surface area contributed by atoms with Crippen molar-refractivity contribution in [3.05, 3.63) is 11.8 Å². The van der Waals surface area contributed by atoms with Gasteiger partial charge in [0.1, 0.15) is 0 Å². The molecule has 0 spiro atoms. The highest BCUT2D eigenvalue weighted by Gasteiger charge is 2.04. The molecule has 2 heteroatoms. The minimum absolute atomic E-state index is 0.840. The van der Waals surface area contributed by atoms with Crippen molar-refractivity contribution in [2.24, 2.45) is 0 Å². The fourth-order valence-corrected chi connectivity index (χ4v) is 0.907. The van der Waals surface area contributed by atoms with Crippen LogP contribution in [0.2, 0.25) is 0 Å². The lowest BCUT2D eigenvalue weighted by molar-refractivity contribution is -0.870. The zero-order valence-corrected chi connectivity index (χ0v) is 9.76. The summed E-state index contributed by atoms with van der Waals surface area (Å²) < 4.78 is 6.42. The summed E-state index contributed by atoms with van der Waals surface area (Å²) in [5.41, 5.74) is 1.31. The van der Waals surface area contributed by atoms with Crippen LogP contribution in [-0.2, 0) is 4.74 Å². The van der Waals surface area contributed by atoms with E-state index in [9.17, 15) is 0 Å². The maximum Gasteiger partial charge on any atom is 0.0926 e. The number of quaternary nitrogens is 1. The minimum atomic E-state index is 0.840. The van der Waals surface area contributed by atoms with Gasteiger partial charge in [0.05, 0.1) is 40.6 Å². The minimum Gasteiger partial charge on any atom is -0.501 e. The monoisotopic (exact) mass is 186 g/mol. The first-order valence-electron chi connectivity index (χ1n) is 5.03. The van der Waals surface area contributed by atoms with E-state index in [1.165, 1.54) is 12.1 Å². The van der Waals surface area contributed by atoms with Gasteiger partial charge < -0.3 is 9.22 Å². The molecule has 0 unspecified atom stereocenters. The van der Waals surface area contributed by atoms with Crippen LogP contribution in [0.3, 0.4) is 0 Å². The van der Waals surface area contributed by atoms with Gasteiger partial charge in [0.2, 0.25) is 0 Å². The normalized spacial score (nSPS) is 13.2. The maximum atomic E-state index is 5.41. The highest BCUT2D eigenvalue weighted by Crippen LogP contribution is 1.99. The smallest absolute Gasteiger partial charge is 0.0926 e. The van der Waals surface area contributed by atoms with E-state index in [1.807, 2.05) is 6.26 Å². The Bertz CT molecular complexity index is 156. The lowest BCUT2D eigenvalue weighted by Gasteiger charge is -2.23. The Labute approximate surface area is 82.8 Å². The fourth-order valence-electron chi connectivity index (χ4n) is 0.907. The lowest BCUT2D eigenvalue weighted by Crippen LogP contribution is -2.35. The van der Waals surface area contributed by atoms with Gasteiger partial charge >= 0.3 is 0 Å². The molecular formula is C11H24NO+. The number of nitrogens with zero attached hydrogens (tertiary/aromatic N) is 1. The summed E-state index contributed by atoms with van der Waals surface area (Å²) in [5, 5.41) is 0. The summed E-state index contributed by atoms with van der Waals surface area (Å²) in [5.74, 6) is 0. The number of rotatable bonds is 6. The molecule has 0 radical (unpaired) electrons. The molecule has 0 saturated carbocycles. The Morgan fingerprint density at radius 2 is 1.92 bits per heavy atom. The predicted octanol–water partition coefficient (Wildman–Crippen LogP) is 2.41. The molecule has 0 aromatic carbocycles. The van der Waals surface area contributed by atoms with E-state index < -0.39 is 0 Å². The Morgan fingerprint density at radius 3 is 2.38 bits per heavy atom. The zero-order chi connectivity index (χ0) is 10.3. The topological polar surface area (TPSA) is 9.23 Å². The quantitative estimate of drug-likeness (QED) is 0.352. The predicted molar refractivity (Wildman–Crippen MR) is 57.5 cm³/mol. The molecule has 0 aliphatic heterocycles. The van der Waals surface area contributed by atoms with E-state index in [4.69, 9.17) is 4.74 Å². The van der Waals surface area contributed by atoms with Crippen molar-refractivity contribution in [1.29, 1.82) is 0 Å². The molecule has 0 amide bonds. The standard InChI is InChI=1S/C11H24NO/c1-6-11(2)10-13-9-7-8-12(3,4)5/h10H,6-9H2,1-5H3/q+1. The first kappa shape index (κ1) is 12.5. The van der Waals surface area contributed by atoms with Gasteiger partial charge in [-0.05, 0) is 18.9 Å². The SMILES string of the molecule is CCC(C)=COCCC[N+](C)(C)C. The molecule has 0 heterocycles. The van der Waals surface area contributed by atoms with Gasteiger partial charge in [0.15, 0.2) is 0 Å².